The van der Waals surface area contributed by atoms with Gasteiger partial charge in [0.1, 0.15) is 10.9 Å². The molecule has 0 aromatic carbocycles. The second-order valence-corrected chi connectivity index (χ2v) is 5.55. The van der Waals surface area contributed by atoms with Gasteiger partial charge in [-0.15, -0.1) is 0 Å². The minimum absolute atomic E-state index is 0.474. The number of hydrogen-bond donors (Lipinski definition) is 1. The summed E-state index contributed by atoms with van der Waals surface area (Å²) in [6.45, 7) is 3.77. The van der Waals surface area contributed by atoms with Gasteiger partial charge in [-0.1, -0.05) is 6.92 Å². The van der Waals surface area contributed by atoms with Crippen LogP contribution in [0.2, 0.25) is 0 Å². The summed E-state index contributed by atoms with van der Waals surface area (Å²) in [6, 6.07) is 3.69. The smallest absolute Gasteiger partial charge is 0.176 e. The molecule has 2 rings (SSSR count). The molecule has 0 radical (unpaired) electrons. The molecule has 0 fully saturated rings. The Hall–Kier alpha value is -0.980. The molecule has 0 aliphatic rings. The molecule has 0 aliphatic carbocycles. The van der Waals surface area contributed by atoms with Crippen LogP contribution in [0.5, 0.6) is 0 Å². The van der Waals surface area contributed by atoms with Crippen molar-refractivity contribution >= 4 is 23.3 Å². The molecule has 0 amide bonds. The largest absolute Gasteiger partial charge is 0.389 e. The van der Waals surface area contributed by atoms with Crippen LogP contribution in [0.3, 0.4) is 0 Å². The third-order valence-corrected chi connectivity index (χ3v) is 3.92. The molecule has 0 bridgehead atoms. The van der Waals surface area contributed by atoms with Crippen molar-refractivity contribution in [2.24, 2.45) is 0 Å². The molecule has 2 aromatic rings. The van der Waals surface area contributed by atoms with Crippen LogP contribution in [0.4, 0.5) is 0 Å². The van der Waals surface area contributed by atoms with Gasteiger partial charge in [0.2, 0.25) is 0 Å². The van der Waals surface area contributed by atoms with Crippen molar-refractivity contribution in [2.45, 2.75) is 35.7 Å². The van der Waals surface area contributed by atoms with Crippen molar-refractivity contribution < 1.29 is 5.11 Å². The van der Waals surface area contributed by atoms with E-state index in [0.29, 0.717) is 0 Å². The number of hydrogen-bond acceptors (Lipinski definition) is 6. The Kier molecular flexibility index (Phi) is 4.09. The van der Waals surface area contributed by atoms with Gasteiger partial charge in [-0.2, -0.15) is 4.37 Å². The van der Waals surface area contributed by atoms with Crippen molar-refractivity contribution in [2.75, 3.05) is 0 Å². The lowest BCUT2D eigenvalue weighted by atomic mass is 10.2. The van der Waals surface area contributed by atoms with Gasteiger partial charge in [0.25, 0.3) is 0 Å². The van der Waals surface area contributed by atoms with Crippen LogP contribution < -0.4 is 0 Å². The minimum Gasteiger partial charge on any atom is -0.389 e. The van der Waals surface area contributed by atoms with Gasteiger partial charge in [-0.25, -0.2) is 9.97 Å². The first-order valence-electron chi connectivity index (χ1n) is 5.33. The molecule has 90 valence electrons. The molecule has 17 heavy (non-hydrogen) atoms. The maximum absolute atomic E-state index is 9.49. The number of pyridine rings is 1. The lowest BCUT2D eigenvalue weighted by molar-refractivity contribution is 0.199. The molecule has 4 nitrogen and oxygen atoms in total. The van der Waals surface area contributed by atoms with Gasteiger partial charge in [-0.3, -0.25) is 0 Å². The number of aromatic nitrogens is 3. The summed E-state index contributed by atoms with van der Waals surface area (Å²) in [7, 11) is 0. The Labute approximate surface area is 108 Å². The van der Waals surface area contributed by atoms with E-state index in [1.165, 1.54) is 23.3 Å². The maximum atomic E-state index is 9.49. The van der Waals surface area contributed by atoms with E-state index in [2.05, 4.69) is 14.3 Å². The predicted octanol–water partition coefficient (Wildman–Crippen LogP) is 2.70. The van der Waals surface area contributed by atoms with Gasteiger partial charge in [0, 0.05) is 12.6 Å². The van der Waals surface area contributed by atoms with Crippen molar-refractivity contribution in [3.63, 3.8) is 0 Å². The topological polar surface area (TPSA) is 58.9 Å². The second-order valence-electron chi connectivity index (χ2n) is 3.54. The molecule has 0 saturated heterocycles. The zero-order chi connectivity index (χ0) is 12.3. The van der Waals surface area contributed by atoms with Gasteiger partial charge < -0.3 is 5.11 Å². The highest BCUT2D eigenvalue weighted by Gasteiger charge is 2.07. The average Bonchev–Trinajstić information content (AvgIpc) is 2.77. The number of aliphatic hydroxyl groups excluding tert-OH is 1. The van der Waals surface area contributed by atoms with E-state index in [-0.39, 0.29) is 0 Å². The van der Waals surface area contributed by atoms with Crippen LogP contribution in [0.25, 0.3) is 0 Å². The molecular weight excluding hydrogens is 254 g/mol. The van der Waals surface area contributed by atoms with Gasteiger partial charge in [0.15, 0.2) is 4.34 Å². The molecule has 0 saturated carbocycles. The lowest BCUT2D eigenvalue weighted by Crippen LogP contribution is -1.92. The molecule has 1 unspecified atom stereocenters. The van der Waals surface area contributed by atoms with E-state index >= 15 is 0 Å². The normalized spacial score (nSPS) is 12.6. The minimum atomic E-state index is -0.474. The fourth-order valence-electron chi connectivity index (χ4n) is 1.25. The quantitative estimate of drug-likeness (QED) is 0.923. The maximum Gasteiger partial charge on any atom is 0.176 e. The molecule has 6 heteroatoms. The molecule has 1 N–H and O–H groups in total. The highest BCUT2D eigenvalue weighted by Crippen LogP contribution is 2.28. The molecule has 0 spiro atoms. The van der Waals surface area contributed by atoms with E-state index in [0.717, 1.165) is 27.2 Å². The van der Waals surface area contributed by atoms with Crippen LogP contribution in [0.1, 0.15) is 31.3 Å². The first kappa shape index (κ1) is 12.5. The van der Waals surface area contributed by atoms with Crippen molar-refractivity contribution in [3.8, 4) is 0 Å². The lowest BCUT2D eigenvalue weighted by Gasteiger charge is -2.04. The molecular formula is C11H13N3OS2. The van der Waals surface area contributed by atoms with Gasteiger partial charge >= 0.3 is 0 Å². The monoisotopic (exact) mass is 267 g/mol. The zero-order valence-corrected chi connectivity index (χ0v) is 11.3. The number of nitrogens with zero attached hydrogens (tertiary/aromatic N) is 3. The van der Waals surface area contributed by atoms with Crippen molar-refractivity contribution in [3.05, 3.63) is 29.7 Å². The predicted molar refractivity (Wildman–Crippen MR) is 68.3 cm³/mol. The third-order valence-electron chi connectivity index (χ3n) is 2.20. The van der Waals surface area contributed by atoms with Crippen LogP contribution in [0.15, 0.2) is 27.7 Å². The Morgan fingerprint density at radius 3 is 3.00 bits per heavy atom. The van der Waals surface area contributed by atoms with E-state index in [1.807, 2.05) is 19.1 Å². The van der Waals surface area contributed by atoms with Gasteiger partial charge in [0.05, 0.1) is 6.10 Å². The Bertz CT molecular complexity index is 499. The van der Waals surface area contributed by atoms with Crippen LogP contribution in [-0.2, 0) is 6.42 Å². The molecule has 2 aromatic heterocycles. The van der Waals surface area contributed by atoms with E-state index < -0.39 is 6.10 Å². The van der Waals surface area contributed by atoms with E-state index in [9.17, 15) is 5.11 Å². The first-order chi connectivity index (χ1) is 8.19. The average molecular weight is 267 g/mol. The number of aryl methyl sites for hydroxylation is 1. The summed E-state index contributed by atoms with van der Waals surface area (Å²) < 4.78 is 5.11. The highest BCUT2D eigenvalue weighted by atomic mass is 32.2. The summed E-state index contributed by atoms with van der Waals surface area (Å²) in [5.41, 5.74) is 0.864. The van der Waals surface area contributed by atoms with E-state index in [1.54, 1.807) is 13.1 Å². The summed E-state index contributed by atoms with van der Waals surface area (Å²) in [6.07, 6.45) is 2.07. The Morgan fingerprint density at radius 1 is 1.53 bits per heavy atom. The van der Waals surface area contributed by atoms with Crippen LogP contribution in [0, 0.1) is 0 Å². The fraction of sp³-hybridized carbons (Fsp3) is 0.364. The zero-order valence-electron chi connectivity index (χ0n) is 9.62. The van der Waals surface area contributed by atoms with Crippen molar-refractivity contribution in [1.82, 2.24) is 14.3 Å². The second kappa shape index (κ2) is 5.57. The number of rotatable bonds is 4. The Morgan fingerprint density at radius 2 is 2.35 bits per heavy atom. The molecule has 1 atom stereocenters. The molecule has 2 heterocycles. The summed E-state index contributed by atoms with van der Waals surface area (Å²) in [5, 5.41) is 10.3. The van der Waals surface area contributed by atoms with E-state index in [4.69, 9.17) is 0 Å². The highest BCUT2D eigenvalue weighted by molar-refractivity contribution is 8.00. The summed E-state index contributed by atoms with van der Waals surface area (Å²) in [4.78, 5) is 8.61. The van der Waals surface area contributed by atoms with Crippen LogP contribution in [-0.4, -0.2) is 19.4 Å². The number of aliphatic hydroxyl groups is 1. The third kappa shape index (κ3) is 3.24. The van der Waals surface area contributed by atoms with Crippen LogP contribution >= 0.6 is 23.3 Å². The first-order valence-corrected chi connectivity index (χ1v) is 6.92. The SMILES string of the molecule is CCc1nsc(Sc2cc(C(C)O)ccn2)n1. The molecule has 0 aliphatic heterocycles. The fourth-order valence-corrected chi connectivity index (χ4v) is 2.91. The summed E-state index contributed by atoms with van der Waals surface area (Å²) >= 11 is 2.86. The standard InChI is InChI=1S/C11H13N3OS2/c1-3-9-13-11(17-14-9)16-10-6-8(7(2)15)4-5-12-10/h4-7,15H,3H2,1-2H3. The van der Waals surface area contributed by atoms with Gasteiger partial charge in [-0.05, 0) is 47.9 Å². The summed E-state index contributed by atoms with van der Waals surface area (Å²) in [5.74, 6) is 0.865. The van der Waals surface area contributed by atoms with Crippen molar-refractivity contribution in [1.29, 1.82) is 0 Å². The Balaban J connectivity index is 2.15.